The second-order valence-corrected chi connectivity index (χ2v) is 7.22. The molecule has 1 aromatic rings. The van der Waals surface area contributed by atoms with Crippen molar-refractivity contribution in [2.75, 3.05) is 11.6 Å². The summed E-state index contributed by atoms with van der Waals surface area (Å²) in [5.74, 6) is -2.73. The van der Waals surface area contributed by atoms with Gasteiger partial charge in [0, 0.05) is 6.26 Å². The van der Waals surface area contributed by atoms with Crippen LogP contribution in [0.3, 0.4) is 0 Å². The first-order valence-electron chi connectivity index (χ1n) is 6.63. The standard InChI is InChI=1S/C14H17NO5S/c1-21(19,20)12-8-3-2-7-11(12)15-13(16)9-5-4-6-10(9)14(17)18/h2-3,7-10H,4-6H2,1H3,(H,15,16)(H,17,18)/t9-,10+/m1/s1. The van der Waals surface area contributed by atoms with Gasteiger partial charge in [-0.15, -0.1) is 0 Å². The van der Waals surface area contributed by atoms with E-state index in [0.29, 0.717) is 19.3 Å². The van der Waals surface area contributed by atoms with Crippen molar-refractivity contribution in [1.29, 1.82) is 0 Å². The molecule has 6 nitrogen and oxygen atoms in total. The second-order valence-electron chi connectivity index (χ2n) is 5.24. The number of carboxylic acid groups (broad SMARTS) is 1. The Bertz CT molecular complexity index is 668. The molecule has 0 aromatic heterocycles. The summed E-state index contributed by atoms with van der Waals surface area (Å²) in [4.78, 5) is 23.4. The lowest BCUT2D eigenvalue weighted by molar-refractivity contribution is -0.145. The first-order valence-corrected chi connectivity index (χ1v) is 8.52. The monoisotopic (exact) mass is 311 g/mol. The summed E-state index contributed by atoms with van der Waals surface area (Å²) in [6.45, 7) is 0. The number of anilines is 1. The molecule has 1 fully saturated rings. The number of carbonyl (C=O) groups excluding carboxylic acids is 1. The van der Waals surface area contributed by atoms with Gasteiger partial charge in [0.15, 0.2) is 9.84 Å². The van der Waals surface area contributed by atoms with Crippen LogP contribution in [-0.4, -0.2) is 31.7 Å². The topological polar surface area (TPSA) is 101 Å². The van der Waals surface area contributed by atoms with E-state index >= 15 is 0 Å². The Balaban J connectivity index is 2.23. The Hall–Kier alpha value is -1.89. The van der Waals surface area contributed by atoms with E-state index in [4.69, 9.17) is 5.11 Å². The molecular formula is C14H17NO5S. The fourth-order valence-corrected chi connectivity index (χ4v) is 3.53. The van der Waals surface area contributed by atoms with Gasteiger partial charge in [0.2, 0.25) is 5.91 Å². The van der Waals surface area contributed by atoms with Crippen LogP contribution in [0.25, 0.3) is 0 Å². The SMILES string of the molecule is CS(=O)(=O)c1ccccc1NC(=O)[C@@H]1CCC[C@@H]1C(=O)O. The molecule has 0 heterocycles. The fourth-order valence-electron chi connectivity index (χ4n) is 2.69. The van der Waals surface area contributed by atoms with Gasteiger partial charge in [-0.05, 0) is 25.0 Å². The minimum Gasteiger partial charge on any atom is -0.481 e. The van der Waals surface area contributed by atoms with E-state index in [-0.39, 0.29) is 10.6 Å². The minimum absolute atomic E-state index is 0.0308. The van der Waals surface area contributed by atoms with Crippen molar-refractivity contribution in [2.45, 2.75) is 24.2 Å². The molecule has 1 aliphatic carbocycles. The molecule has 7 heteroatoms. The molecule has 21 heavy (non-hydrogen) atoms. The maximum Gasteiger partial charge on any atom is 0.307 e. The van der Waals surface area contributed by atoms with E-state index in [9.17, 15) is 18.0 Å². The first kappa shape index (κ1) is 15.5. The van der Waals surface area contributed by atoms with E-state index in [0.717, 1.165) is 6.26 Å². The van der Waals surface area contributed by atoms with Crippen molar-refractivity contribution in [1.82, 2.24) is 0 Å². The van der Waals surface area contributed by atoms with Crippen molar-refractivity contribution < 1.29 is 23.1 Å². The highest BCUT2D eigenvalue weighted by Gasteiger charge is 2.38. The van der Waals surface area contributed by atoms with Gasteiger partial charge in [-0.3, -0.25) is 9.59 Å². The Morgan fingerprint density at radius 1 is 1.19 bits per heavy atom. The molecule has 2 atom stereocenters. The predicted molar refractivity (Wildman–Crippen MR) is 76.6 cm³/mol. The van der Waals surface area contributed by atoms with E-state index in [2.05, 4.69) is 5.32 Å². The van der Waals surface area contributed by atoms with Gasteiger partial charge in [-0.2, -0.15) is 0 Å². The molecule has 2 rings (SSSR count). The number of carboxylic acids is 1. The smallest absolute Gasteiger partial charge is 0.307 e. The number of amides is 1. The molecule has 2 N–H and O–H groups in total. The van der Waals surface area contributed by atoms with Crippen LogP contribution in [0.15, 0.2) is 29.2 Å². The number of nitrogens with one attached hydrogen (secondary N) is 1. The van der Waals surface area contributed by atoms with Crippen LogP contribution < -0.4 is 5.32 Å². The van der Waals surface area contributed by atoms with Crippen LogP contribution in [0.4, 0.5) is 5.69 Å². The largest absolute Gasteiger partial charge is 0.481 e. The first-order chi connectivity index (χ1) is 9.80. The molecule has 0 aliphatic heterocycles. The molecule has 0 unspecified atom stereocenters. The number of hydrogen-bond acceptors (Lipinski definition) is 4. The average molecular weight is 311 g/mol. The number of aliphatic carboxylic acids is 1. The second kappa shape index (κ2) is 5.85. The van der Waals surface area contributed by atoms with Gasteiger partial charge >= 0.3 is 5.97 Å². The zero-order valence-corrected chi connectivity index (χ0v) is 12.4. The van der Waals surface area contributed by atoms with Crippen LogP contribution in [-0.2, 0) is 19.4 Å². The summed E-state index contributed by atoms with van der Waals surface area (Å²) in [6.07, 6.45) is 2.72. The summed E-state index contributed by atoms with van der Waals surface area (Å²) in [5, 5.41) is 11.7. The number of benzene rings is 1. The Kier molecular flexibility index (Phi) is 4.32. The van der Waals surface area contributed by atoms with Crippen molar-refractivity contribution in [2.24, 2.45) is 11.8 Å². The molecule has 1 amide bonds. The van der Waals surface area contributed by atoms with Crippen molar-refractivity contribution in [3.63, 3.8) is 0 Å². The third-order valence-corrected chi connectivity index (χ3v) is 4.87. The lowest BCUT2D eigenvalue weighted by atomic mass is 9.95. The number of para-hydroxylation sites is 1. The molecule has 1 aromatic carbocycles. The lowest BCUT2D eigenvalue weighted by Crippen LogP contribution is -2.30. The average Bonchev–Trinajstić information content (AvgIpc) is 2.87. The maximum atomic E-state index is 12.2. The molecule has 1 aliphatic rings. The highest BCUT2D eigenvalue weighted by atomic mass is 32.2. The van der Waals surface area contributed by atoms with Gasteiger partial charge in [-0.25, -0.2) is 8.42 Å². The predicted octanol–water partition coefficient (Wildman–Crippen LogP) is 1.53. The van der Waals surface area contributed by atoms with E-state index in [1.165, 1.54) is 12.1 Å². The molecular weight excluding hydrogens is 294 g/mol. The van der Waals surface area contributed by atoms with Crippen molar-refractivity contribution in [3.8, 4) is 0 Å². The van der Waals surface area contributed by atoms with Gasteiger partial charge in [0.05, 0.1) is 22.4 Å². The van der Waals surface area contributed by atoms with Crippen molar-refractivity contribution >= 4 is 27.4 Å². The quantitative estimate of drug-likeness (QED) is 0.878. The summed E-state index contributed by atoms with van der Waals surface area (Å²) in [6, 6.07) is 6.10. The van der Waals surface area contributed by atoms with Crippen LogP contribution in [0, 0.1) is 11.8 Å². The minimum atomic E-state index is -3.46. The zero-order chi connectivity index (χ0) is 15.6. The Morgan fingerprint density at radius 2 is 1.81 bits per heavy atom. The van der Waals surface area contributed by atoms with E-state index < -0.39 is 33.5 Å². The zero-order valence-electron chi connectivity index (χ0n) is 11.6. The van der Waals surface area contributed by atoms with Gasteiger partial charge < -0.3 is 10.4 Å². The molecule has 114 valence electrons. The van der Waals surface area contributed by atoms with Gasteiger partial charge in [0.1, 0.15) is 0 Å². The summed E-state index contributed by atoms with van der Waals surface area (Å²) in [5.41, 5.74) is 0.195. The molecule has 0 radical (unpaired) electrons. The molecule has 0 bridgehead atoms. The number of rotatable bonds is 4. The van der Waals surface area contributed by atoms with Crippen LogP contribution >= 0.6 is 0 Å². The lowest BCUT2D eigenvalue weighted by Gasteiger charge is -2.16. The molecule has 0 saturated heterocycles. The van der Waals surface area contributed by atoms with Crippen LogP contribution in [0.1, 0.15) is 19.3 Å². The third-order valence-electron chi connectivity index (χ3n) is 3.71. The normalized spacial score (nSPS) is 22.0. The fraction of sp³-hybridized carbons (Fsp3) is 0.429. The van der Waals surface area contributed by atoms with Crippen LogP contribution in [0.2, 0.25) is 0 Å². The Morgan fingerprint density at radius 3 is 2.43 bits per heavy atom. The number of carbonyl (C=O) groups is 2. The number of hydrogen-bond donors (Lipinski definition) is 2. The van der Waals surface area contributed by atoms with Gasteiger partial charge in [-0.1, -0.05) is 18.6 Å². The van der Waals surface area contributed by atoms with Crippen molar-refractivity contribution in [3.05, 3.63) is 24.3 Å². The summed E-state index contributed by atoms with van der Waals surface area (Å²) in [7, 11) is -3.46. The van der Waals surface area contributed by atoms with Crippen LogP contribution in [0.5, 0.6) is 0 Å². The Labute approximate surface area is 123 Å². The summed E-state index contributed by atoms with van der Waals surface area (Å²) < 4.78 is 23.4. The number of sulfone groups is 1. The highest BCUT2D eigenvalue weighted by Crippen LogP contribution is 2.33. The maximum absolute atomic E-state index is 12.2. The molecule has 1 saturated carbocycles. The molecule has 0 spiro atoms. The van der Waals surface area contributed by atoms with E-state index in [1.807, 2.05) is 0 Å². The highest BCUT2D eigenvalue weighted by molar-refractivity contribution is 7.90. The third kappa shape index (κ3) is 3.41. The summed E-state index contributed by atoms with van der Waals surface area (Å²) >= 11 is 0. The van der Waals surface area contributed by atoms with Gasteiger partial charge in [0.25, 0.3) is 0 Å². The van der Waals surface area contributed by atoms with E-state index in [1.54, 1.807) is 12.1 Å².